The number of nitrogens with one attached hydrogen (secondary N) is 1. The number of hydrogen-bond donors (Lipinski definition) is 1. The van der Waals surface area contributed by atoms with Crippen LogP contribution in [0.15, 0.2) is 18.5 Å². The second-order valence-electron chi connectivity index (χ2n) is 2.87. The third kappa shape index (κ3) is 1.42. The van der Waals surface area contributed by atoms with E-state index in [4.69, 9.17) is 0 Å². The van der Waals surface area contributed by atoms with Gasteiger partial charge in [0.25, 0.3) is 0 Å². The van der Waals surface area contributed by atoms with Gasteiger partial charge in [0.1, 0.15) is 0 Å². The van der Waals surface area contributed by atoms with Crippen molar-refractivity contribution in [2.45, 2.75) is 13.8 Å². The second kappa shape index (κ2) is 2.97. The van der Waals surface area contributed by atoms with Gasteiger partial charge in [0.2, 0.25) is 0 Å². The van der Waals surface area contributed by atoms with E-state index in [1.165, 1.54) is 0 Å². The predicted octanol–water partition coefficient (Wildman–Crippen LogP) is 1.48. The van der Waals surface area contributed by atoms with Crippen LogP contribution in [-0.2, 0) is 0 Å². The van der Waals surface area contributed by atoms with Gasteiger partial charge in [0, 0.05) is 18.1 Å². The van der Waals surface area contributed by atoms with Gasteiger partial charge in [-0.15, -0.1) is 0 Å². The van der Waals surface area contributed by atoms with Gasteiger partial charge in [0.15, 0.2) is 11.6 Å². The topological polar surface area (TPSA) is 54.5 Å². The minimum absolute atomic E-state index is 0.638. The summed E-state index contributed by atoms with van der Waals surface area (Å²) >= 11 is 0. The Morgan fingerprint density at radius 2 is 1.85 bits per heavy atom. The molecule has 2 heterocycles. The van der Waals surface area contributed by atoms with Crippen molar-refractivity contribution in [3.8, 4) is 11.6 Å². The summed E-state index contributed by atoms with van der Waals surface area (Å²) in [7, 11) is 0. The van der Waals surface area contributed by atoms with E-state index in [1.54, 1.807) is 18.5 Å². The predicted molar refractivity (Wildman–Crippen MR) is 49.1 cm³/mol. The minimum atomic E-state index is 0.638. The zero-order chi connectivity index (χ0) is 9.26. The van der Waals surface area contributed by atoms with Crippen LogP contribution in [0.4, 0.5) is 0 Å². The normalized spacial score (nSPS) is 10.3. The summed E-state index contributed by atoms with van der Waals surface area (Å²) in [5.74, 6) is 1.37. The molecule has 0 saturated heterocycles. The fraction of sp³-hybridized carbons (Fsp3) is 0.222. The van der Waals surface area contributed by atoms with E-state index in [9.17, 15) is 0 Å². The van der Waals surface area contributed by atoms with Crippen LogP contribution in [0.5, 0.6) is 0 Å². The van der Waals surface area contributed by atoms with Crippen molar-refractivity contribution >= 4 is 0 Å². The zero-order valence-corrected chi connectivity index (χ0v) is 7.57. The monoisotopic (exact) mass is 174 g/mol. The summed E-state index contributed by atoms with van der Waals surface area (Å²) < 4.78 is 0. The van der Waals surface area contributed by atoms with Crippen molar-refractivity contribution in [3.63, 3.8) is 0 Å². The first-order chi connectivity index (χ1) is 6.27. The molecular weight excluding hydrogens is 164 g/mol. The van der Waals surface area contributed by atoms with Gasteiger partial charge in [-0.25, -0.2) is 15.0 Å². The molecule has 4 nitrogen and oxygen atoms in total. The highest BCUT2D eigenvalue weighted by Crippen LogP contribution is 2.11. The molecule has 2 aromatic heterocycles. The molecule has 0 aliphatic rings. The van der Waals surface area contributed by atoms with Crippen molar-refractivity contribution < 1.29 is 0 Å². The van der Waals surface area contributed by atoms with Gasteiger partial charge in [-0.05, 0) is 19.9 Å². The maximum Gasteiger partial charge on any atom is 0.195 e. The molecule has 0 atom stereocenters. The van der Waals surface area contributed by atoms with Crippen molar-refractivity contribution in [2.75, 3.05) is 0 Å². The van der Waals surface area contributed by atoms with Crippen molar-refractivity contribution in [3.05, 3.63) is 29.8 Å². The van der Waals surface area contributed by atoms with Gasteiger partial charge in [-0.1, -0.05) is 0 Å². The highest BCUT2D eigenvalue weighted by molar-refractivity contribution is 5.43. The summed E-state index contributed by atoms with van der Waals surface area (Å²) in [4.78, 5) is 15.6. The van der Waals surface area contributed by atoms with Gasteiger partial charge in [-0.3, -0.25) is 0 Å². The molecule has 66 valence electrons. The molecule has 0 amide bonds. The SMILES string of the molecule is Cc1nc(-c2ncccn2)[nH]c1C. The first-order valence-corrected chi connectivity index (χ1v) is 4.08. The summed E-state index contributed by atoms with van der Waals surface area (Å²) in [6.45, 7) is 3.94. The van der Waals surface area contributed by atoms with Crippen LogP contribution >= 0.6 is 0 Å². The zero-order valence-electron chi connectivity index (χ0n) is 7.57. The Bertz CT molecular complexity index is 385. The first kappa shape index (κ1) is 7.91. The summed E-state index contributed by atoms with van der Waals surface area (Å²) in [6, 6.07) is 1.78. The average molecular weight is 174 g/mol. The molecule has 0 bridgehead atoms. The van der Waals surface area contributed by atoms with E-state index < -0.39 is 0 Å². The number of hydrogen-bond acceptors (Lipinski definition) is 3. The fourth-order valence-corrected chi connectivity index (χ4v) is 1.07. The average Bonchev–Trinajstić information content (AvgIpc) is 2.49. The second-order valence-corrected chi connectivity index (χ2v) is 2.87. The number of imidazole rings is 1. The van der Waals surface area contributed by atoms with Crippen LogP contribution in [0.25, 0.3) is 11.6 Å². The molecule has 0 spiro atoms. The van der Waals surface area contributed by atoms with Crippen molar-refractivity contribution in [1.29, 1.82) is 0 Å². The molecule has 0 aromatic carbocycles. The Hall–Kier alpha value is -1.71. The Morgan fingerprint density at radius 1 is 1.15 bits per heavy atom. The smallest absolute Gasteiger partial charge is 0.195 e. The Morgan fingerprint density at radius 3 is 2.38 bits per heavy atom. The molecule has 13 heavy (non-hydrogen) atoms. The van der Waals surface area contributed by atoms with E-state index in [0.717, 1.165) is 17.2 Å². The highest BCUT2D eigenvalue weighted by atomic mass is 15.0. The number of H-pyrrole nitrogens is 1. The molecule has 4 heteroatoms. The van der Waals surface area contributed by atoms with Crippen LogP contribution in [-0.4, -0.2) is 19.9 Å². The molecule has 0 aliphatic heterocycles. The van der Waals surface area contributed by atoms with Gasteiger partial charge < -0.3 is 4.98 Å². The van der Waals surface area contributed by atoms with Crippen molar-refractivity contribution in [1.82, 2.24) is 19.9 Å². The van der Waals surface area contributed by atoms with E-state index in [2.05, 4.69) is 19.9 Å². The first-order valence-electron chi connectivity index (χ1n) is 4.08. The molecule has 0 aliphatic carbocycles. The highest BCUT2D eigenvalue weighted by Gasteiger charge is 2.05. The molecule has 1 N–H and O–H groups in total. The molecule has 0 unspecified atom stereocenters. The standard InChI is InChI=1S/C9H10N4/c1-6-7(2)13-9(12-6)8-10-4-3-5-11-8/h3-5H,1-2H3,(H,12,13). The van der Waals surface area contributed by atoms with Crippen LogP contribution in [0.3, 0.4) is 0 Å². The number of rotatable bonds is 1. The Labute approximate surface area is 76.1 Å². The van der Waals surface area contributed by atoms with Crippen LogP contribution < -0.4 is 0 Å². The molecule has 0 radical (unpaired) electrons. The number of aromatic nitrogens is 4. The third-order valence-electron chi connectivity index (χ3n) is 1.91. The van der Waals surface area contributed by atoms with Gasteiger partial charge >= 0.3 is 0 Å². The largest absolute Gasteiger partial charge is 0.339 e. The molecular formula is C9H10N4. The lowest BCUT2D eigenvalue weighted by Gasteiger charge is -1.91. The van der Waals surface area contributed by atoms with E-state index in [1.807, 2.05) is 13.8 Å². The summed E-state index contributed by atoms with van der Waals surface area (Å²) in [6.07, 6.45) is 3.41. The quantitative estimate of drug-likeness (QED) is 0.712. The van der Waals surface area contributed by atoms with E-state index in [0.29, 0.717) is 5.82 Å². The minimum Gasteiger partial charge on any atom is -0.339 e. The van der Waals surface area contributed by atoms with Crippen LogP contribution in [0.1, 0.15) is 11.4 Å². The van der Waals surface area contributed by atoms with Crippen LogP contribution in [0.2, 0.25) is 0 Å². The lowest BCUT2D eigenvalue weighted by molar-refractivity contribution is 1.11. The lowest BCUT2D eigenvalue weighted by atomic mass is 10.4. The molecule has 0 saturated carbocycles. The van der Waals surface area contributed by atoms with E-state index >= 15 is 0 Å². The third-order valence-corrected chi connectivity index (χ3v) is 1.91. The van der Waals surface area contributed by atoms with Crippen molar-refractivity contribution in [2.24, 2.45) is 0 Å². The Balaban J connectivity index is 2.48. The maximum absolute atomic E-state index is 4.30. The fourth-order valence-electron chi connectivity index (χ4n) is 1.07. The summed E-state index contributed by atoms with van der Waals surface area (Å²) in [5.41, 5.74) is 2.05. The number of aryl methyl sites for hydroxylation is 2. The molecule has 2 rings (SSSR count). The van der Waals surface area contributed by atoms with E-state index in [-0.39, 0.29) is 0 Å². The number of nitrogens with zero attached hydrogens (tertiary/aromatic N) is 3. The molecule has 0 fully saturated rings. The van der Waals surface area contributed by atoms with Gasteiger partial charge in [0.05, 0.1) is 5.69 Å². The lowest BCUT2D eigenvalue weighted by Crippen LogP contribution is -1.88. The van der Waals surface area contributed by atoms with Gasteiger partial charge in [-0.2, -0.15) is 0 Å². The number of aromatic amines is 1. The summed E-state index contributed by atoms with van der Waals surface area (Å²) in [5, 5.41) is 0. The Kier molecular flexibility index (Phi) is 1.81. The molecule has 2 aromatic rings. The van der Waals surface area contributed by atoms with Crippen LogP contribution in [0, 0.1) is 13.8 Å². The maximum atomic E-state index is 4.30.